The van der Waals surface area contributed by atoms with Crippen molar-refractivity contribution in [1.82, 2.24) is 5.32 Å². The van der Waals surface area contributed by atoms with Crippen molar-refractivity contribution in [2.45, 2.75) is 45.6 Å². The maximum Gasteiger partial charge on any atom is 0.0512 e. The van der Waals surface area contributed by atoms with Gasteiger partial charge in [-0.15, -0.1) is 0 Å². The van der Waals surface area contributed by atoms with Gasteiger partial charge in [0.1, 0.15) is 0 Å². The molecule has 0 amide bonds. The van der Waals surface area contributed by atoms with Gasteiger partial charge in [0.05, 0.1) is 6.61 Å². The van der Waals surface area contributed by atoms with Crippen LogP contribution in [-0.2, 0) is 11.2 Å². The minimum atomic E-state index is 0.446. The Bertz CT molecular complexity index is 371. The maximum absolute atomic E-state index is 5.67. The van der Waals surface area contributed by atoms with Crippen molar-refractivity contribution in [3.8, 4) is 0 Å². The average Bonchev–Trinajstić information content (AvgIpc) is 2.46. The van der Waals surface area contributed by atoms with Crippen LogP contribution in [0.5, 0.6) is 0 Å². The van der Waals surface area contributed by atoms with Crippen LogP contribution < -0.4 is 5.32 Å². The standard InChI is InChI=1S/C17H27NO/c1-3-7-14-8-5-9-15(12-14)17(18-4-2)16-10-6-11-19-13-16/h5,8-9,12,16-18H,3-4,6-7,10-11,13H2,1-2H3. The molecule has 0 saturated carbocycles. The Morgan fingerprint density at radius 1 is 1.37 bits per heavy atom. The second kappa shape index (κ2) is 7.66. The fraction of sp³-hybridized carbons (Fsp3) is 0.647. The average molecular weight is 261 g/mol. The largest absolute Gasteiger partial charge is 0.381 e. The number of benzene rings is 1. The summed E-state index contributed by atoms with van der Waals surface area (Å²) in [6.07, 6.45) is 4.85. The molecule has 2 unspecified atom stereocenters. The second-order valence-electron chi connectivity index (χ2n) is 5.51. The van der Waals surface area contributed by atoms with Gasteiger partial charge in [-0.25, -0.2) is 0 Å². The van der Waals surface area contributed by atoms with Gasteiger partial charge < -0.3 is 10.1 Å². The predicted octanol–water partition coefficient (Wildman–Crippen LogP) is 3.72. The molecule has 1 aliphatic heterocycles. The van der Waals surface area contributed by atoms with Gasteiger partial charge in [0.15, 0.2) is 0 Å². The summed E-state index contributed by atoms with van der Waals surface area (Å²) in [4.78, 5) is 0. The molecule has 1 fully saturated rings. The first-order valence-electron chi connectivity index (χ1n) is 7.75. The highest BCUT2D eigenvalue weighted by atomic mass is 16.5. The first kappa shape index (κ1) is 14.5. The highest BCUT2D eigenvalue weighted by molar-refractivity contribution is 5.27. The lowest BCUT2D eigenvalue weighted by Gasteiger charge is -2.31. The molecule has 0 radical (unpaired) electrons. The Labute approximate surface area is 117 Å². The SMILES string of the molecule is CCCc1cccc(C(NCC)C2CCCOC2)c1. The molecule has 1 N–H and O–H groups in total. The lowest BCUT2D eigenvalue weighted by Crippen LogP contribution is -2.33. The normalized spacial score (nSPS) is 21.3. The van der Waals surface area contributed by atoms with Gasteiger partial charge in [-0.05, 0) is 36.9 Å². The van der Waals surface area contributed by atoms with E-state index in [9.17, 15) is 0 Å². The van der Waals surface area contributed by atoms with Gasteiger partial charge in [-0.3, -0.25) is 0 Å². The van der Waals surface area contributed by atoms with E-state index in [0.717, 1.165) is 19.8 Å². The van der Waals surface area contributed by atoms with Crippen LogP contribution >= 0.6 is 0 Å². The van der Waals surface area contributed by atoms with Gasteiger partial charge in [-0.2, -0.15) is 0 Å². The van der Waals surface area contributed by atoms with E-state index in [-0.39, 0.29) is 0 Å². The molecule has 0 aromatic heterocycles. The summed E-state index contributed by atoms with van der Waals surface area (Å²) < 4.78 is 5.67. The zero-order valence-corrected chi connectivity index (χ0v) is 12.3. The Morgan fingerprint density at radius 3 is 2.95 bits per heavy atom. The zero-order chi connectivity index (χ0) is 13.5. The van der Waals surface area contributed by atoms with Crippen molar-refractivity contribution in [1.29, 1.82) is 0 Å². The molecule has 106 valence electrons. The summed E-state index contributed by atoms with van der Waals surface area (Å²) in [6, 6.07) is 9.54. The van der Waals surface area contributed by atoms with Crippen LogP contribution in [-0.4, -0.2) is 19.8 Å². The van der Waals surface area contributed by atoms with Crippen molar-refractivity contribution in [2.24, 2.45) is 5.92 Å². The van der Waals surface area contributed by atoms with Gasteiger partial charge in [0.25, 0.3) is 0 Å². The first-order chi connectivity index (χ1) is 9.35. The van der Waals surface area contributed by atoms with Crippen LogP contribution in [0.4, 0.5) is 0 Å². The van der Waals surface area contributed by atoms with Crippen LogP contribution in [0.3, 0.4) is 0 Å². The number of ether oxygens (including phenoxy) is 1. The molecule has 1 saturated heterocycles. The number of hydrogen-bond acceptors (Lipinski definition) is 2. The maximum atomic E-state index is 5.67. The molecule has 1 heterocycles. The molecule has 0 spiro atoms. The third kappa shape index (κ3) is 4.05. The highest BCUT2D eigenvalue weighted by Crippen LogP contribution is 2.29. The minimum Gasteiger partial charge on any atom is -0.381 e. The molecule has 1 aromatic rings. The molecule has 19 heavy (non-hydrogen) atoms. The van der Waals surface area contributed by atoms with E-state index < -0.39 is 0 Å². The van der Waals surface area contributed by atoms with E-state index in [0.29, 0.717) is 12.0 Å². The summed E-state index contributed by atoms with van der Waals surface area (Å²) in [5.41, 5.74) is 2.89. The fourth-order valence-corrected chi connectivity index (χ4v) is 3.04. The molecule has 1 aromatic carbocycles. The third-order valence-corrected chi connectivity index (χ3v) is 3.94. The summed E-state index contributed by atoms with van der Waals surface area (Å²) in [5, 5.41) is 3.66. The lowest BCUT2D eigenvalue weighted by atomic mass is 9.87. The van der Waals surface area contributed by atoms with E-state index >= 15 is 0 Å². The van der Waals surface area contributed by atoms with Crippen LogP contribution in [0.1, 0.15) is 50.3 Å². The molecule has 1 aliphatic rings. The highest BCUT2D eigenvalue weighted by Gasteiger charge is 2.24. The van der Waals surface area contributed by atoms with Crippen LogP contribution in [0, 0.1) is 5.92 Å². The van der Waals surface area contributed by atoms with E-state index in [1.54, 1.807) is 0 Å². The van der Waals surface area contributed by atoms with Gasteiger partial charge in [0, 0.05) is 18.6 Å². The summed E-state index contributed by atoms with van der Waals surface area (Å²) >= 11 is 0. The Balaban J connectivity index is 2.14. The summed E-state index contributed by atoms with van der Waals surface area (Å²) in [5.74, 6) is 0.616. The molecule has 2 atom stereocenters. The Morgan fingerprint density at radius 2 is 2.26 bits per heavy atom. The molecule has 2 rings (SSSR count). The zero-order valence-electron chi connectivity index (χ0n) is 12.3. The third-order valence-electron chi connectivity index (χ3n) is 3.94. The quantitative estimate of drug-likeness (QED) is 0.842. The smallest absolute Gasteiger partial charge is 0.0512 e. The molecule has 2 nitrogen and oxygen atoms in total. The molecular formula is C17H27NO. The van der Waals surface area contributed by atoms with Crippen molar-refractivity contribution in [3.63, 3.8) is 0 Å². The Hall–Kier alpha value is -0.860. The predicted molar refractivity (Wildman–Crippen MR) is 80.4 cm³/mol. The summed E-state index contributed by atoms with van der Waals surface area (Å²) in [7, 11) is 0. The monoisotopic (exact) mass is 261 g/mol. The first-order valence-corrected chi connectivity index (χ1v) is 7.75. The molecule has 2 heteroatoms. The molecule has 0 bridgehead atoms. The van der Waals surface area contributed by atoms with Crippen molar-refractivity contribution >= 4 is 0 Å². The van der Waals surface area contributed by atoms with Crippen LogP contribution in [0.15, 0.2) is 24.3 Å². The van der Waals surface area contributed by atoms with Gasteiger partial charge in [0.2, 0.25) is 0 Å². The van der Waals surface area contributed by atoms with Gasteiger partial charge >= 0.3 is 0 Å². The van der Waals surface area contributed by atoms with E-state index in [4.69, 9.17) is 4.74 Å². The van der Waals surface area contributed by atoms with E-state index in [2.05, 4.69) is 43.4 Å². The number of aryl methyl sites for hydroxylation is 1. The van der Waals surface area contributed by atoms with Crippen molar-refractivity contribution in [3.05, 3.63) is 35.4 Å². The number of rotatable bonds is 6. The van der Waals surface area contributed by atoms with Crippen molar-refractivity contribution < 1.29 is 4.74 Å². The second-order valence-corrected chi connectivity index (χ2v) is 5.51. The van der Waals surface area contributed by atoms with E-state index in [1.165, 1.54) is 36.8 Å². The fourth-order valence-electron chi connectivity index (χ4n) is 3.04. The number of nitrogens with one attached hydrogen (secondary N) is 1. The molecular weight excluding hydrogens is 234 g/mol. The van der Waals surface area contributed by atoms with Crippen LogP contribution in [0.25, 0.3) is 0 Å². The molecule has 0 aliphatic carbocycles. The lowest BCUT2D eigenvalue weighted by molar-refractivity contribution is 0.0392. The van der Waals surface area contributed by atoms with E-state index in [1.807, 2.05) is 0 Å². The van der Waals surface area contributed by atoms with Gasteiger partial charge in [-0.1, -0.05) is 44.5 Å². The Kier molecular flexibility index (Phi) is 5.87. The topological polar surface area (TPSA) is 21.3 Å². The minimum absolute atomic E-state index is 0.446. The number of hydrogen-bond donors (Lipinski definition) is 1. The van der Waals surface area contributed by atoms with Crippen LogP contribution in [0.2, 0.25) is 0 Å². The van der Waals surface area contributed by atoms with Crippen molar-refractivity contribution in [2.75, 3.05) is 19.8 Å². The summed E-state index contributed by atoms with van der Waals surface area (Å²) in [6.45, 7) is 7.27.